The van der Waals surface area contributed by atoms with Gasteiger partial charge in [-0.25, -0.2) is 8.42 Å². The van der Waals surface area contributed by atoms with Gasteiger partial charge in [0.05, 0.1) is 17.7 Å². The second-order valence-corrected chi connectivity index (χ2v) is 7.38. The lowest BCUT2D eigenvalue weighted by atomic mass is 10.2. The molecule has 0 radical (unpaired) electrons. The van der Waals surface area contributed by atoms with Crippen molar-refractivity contribution in [3.8, 4) is 5.75 Å². The molecule has 24 heavy (non-hydrogen) atoms. The first kappa shape index (κ1) is 18.7. The van der Waals surface area contributed by atoms with E-state index in [4.69, 9.17) is 9.47 Å². The second-order valence-electron chi connectivity index (χ2n) is 5.44. The Morgan fingerprint density at radius 3 is 2.62 bits per heavy atom. The summed E-state index contributed by atoms with van der Waals surface area (Å²) in [6.07, 6.45) is 0.995. The highest BCUT2D eigenvalue weighted by Gasteiger charge is 2.26. The Bertz CT molecular complexity index is 680. The predicted octanol–water partition coefficient (Wildman–Crippen LogP) is 1.84. The van der Waals surface area contributed by atoms with Crippen LogP contribution in [0.2, 0.25) is 0 Å². The molecule has 1 aromatic carbocycles. The van der Waals surface area contributed by atoms with Gasteiger partial charge in [0.15, 0.2) is 0 Å². The fourth-order valence-corrected chi connectivity index (χ4v) is 4.14. The zero-order chi connectivity index (χ0) is 17.7. The first-order valence-corrected chi connectivity index (χ1v) is 9.48. The molecule has 7 nitrogen and oxygen atoms in total. The molecule has 134 valence electrons. The number of anilines is 1. The van der Waals surface area contributed by atoms with Crippen molar-refractivity contribution in [3.05, 3.63) is 18.2 Å². The Morgan fingerprint density at radius 1 is 1.38 bits per heavy atom. The maximum Gasteiger partial charge on any atom is 0.253 e. The molecule has 0 unspecified atom stereocenters. The lowest BCUT2D eigenvalue weighted by Crippen LogP contribution is -2.31. The molecule has 0 saturated carbocycles. The first-order valence-electron chi connectivity index (χ1n) is 8.04. The van der Waals surface area contributed by atoms with E-state index >= 15 is 0 Å². The number of amides is 1. The average Bonchev–Trinajstić information content (AvgIpc) is 3.10. The number of nitrogens with one attached hydrogen (secondary N) is 1. The van der Waals surface area contributed by atoms with E-state index in [2.05, 4.69) is 5.32 Å². The Hall–Kier alpha value is -1.64. The molecule has 0 aromatic heterocycles. The lowest BCUT2D eigenvalue weighted by Gasteiger charge is -2.20. The van der Waals surface area contributed by atoms with Crippen LogP contribution in [0.3, 0.4) is 0 Å². The molecule has 0 spiro atoms. The molecular weight excluding hydrogens is 332 g/mol. The molecule has 8 heteroatoms. The van der Waals surface area contributed by atoms with Gasteiger partial charge in [0.25, 0.3) is 5.91 Å². The molecule has 1 fully saturated rings. The van der Waals surface area contributed by atoms with E-state index in [-0.39, 0.29) is 10.8 Å². The van der Waals surface area contributed by atoms with Crippen LogP contribution in [0.4, 0.5) is 5.69 Å². The highest BCUT2D eigenvalue weighted by atomic mass is 32.2. The molecule has 0 bridgehead atoms. The summed E-state index contributed by atoms with van der Waals surface area (Å²) < 4.78 is 37.2. The van der Waals surface area contributed by atoms with E-state index in [9.17, 15) is 13.2 Å². The topological polar surface area (TPSA) is 84.9 Å². The van der Waals surface area contributed by atoms with Crippen molar-refractivity contribution in [2.45, 2.75) is 37.7 Å². The van der Waals surface area contributed by atoms with Gasteiger partial charge < -0.3 is 14.8 Å². The average molecular weight is 356 g/mol. The van der Waals surface area contributed by atoms with Crippen LogP contribution in [0.15, 0.2) is 23.1 Å². The van der Waals surface area contributed by atoms with Gasteiger partial charge in [-0.2, -0.15) is 4.31 Å². The number of benzene rings is 1. The highest BCUT2D eigenvalue weighted by Crippen LogP contribution is 2.29. The maximum atomic E-state index is 12.6. The van der Waals surface area contributed by atoms with Crippen molar-refractivity contribution in [2.75, 3.05) is 32.1 Å². The van der Waals surface area contributed by atoms with E-state index in [1.807, 2.05) is 0 Å². The van der Waals surface area contributed by atoms with Gasteiger partial charge in [-0.3, -0.25) is 4.79 Å². The summed E-state index contributed by atoms with van der Waals surface area (Å²) in [4.78, 5) is 12.4. The zero-order valence-electron chi connectivity index (χ0n) is 14.2. The number of ether oxygens (including phenoxy) is 2. The number of hydrogen-bond donors (Lipinski definition) is 1. The highest BCUT2D eigenvalue weighted by molar-refractivity contribution is 7.89. The van der Waals surface area contributed by atoms with Crippen LogP contribution in [-0.2, 0) is 19.6 Å². The summed E-state index contributed by atoms with van der Waals surface area (Å²) in [5.41, 5.74) is 0.325. The Kier molecular flexibility index (Phi) is 6.20. The van der Waals surface area contributed by atoms with Crippen molar-refractivity contribution in [3.63, 3.8) is 0 Å². The largest absolute Gasteiger partial charge is 0.495 e. The van der Waals surface area contributed by atoms with Gasteiger partial charge in [0.2, 0.25) is 10.0 Å². The molecular formula is C16H24N2O5S. The fourth-order valence-electron chi connectivity index (χ4n) is 2.66. The van der Waals surface area contributed by atoms with Gasteiger partial charge in [-0.1, -0.05) is 13.8 Å². The number of methoxy groups -OCH3 is 1. The molecule has 2 rings (SSSR count). The van der Waals surface area contributed by atoms with Crippen molar-refractivity contribution in [1.29, 1.82) is 0 Å². The van der Waals surface area contributed by atoms with Crippen LogP contribution in [0.1, 0.15) is 26.7 Å². The van der Waals surface area contributed by atoms with Crippen LogP contribution >= 0.6 is 0 Å². The molecule has 1 aliphatic heterocycles. The zero-order valence-corrected chi connectivity index (χ0v) is 15.1. The lowest BCUT2D eigenvalue weighted by molar-refractivity contribution is -0.124. The smallest absolute Gasteiger partial charge is 0.253 e. The summed E-state index contributed by atoms with van der Waals surface area (Å²) >= 11 is 0. The Balaban J connectivity index is 2.31. The normalized spacial score (nSPS) is 17.9. The number of nitrogens with zero attached hydrogens (tertiary/aromatic N) is 1. The van der Waals surface area contributed by atoms with Gasteiger partial charge in [0, 0.05) is 19.7 Å². The van der Waals surface area contributed by atoms with Crippen LogP contribution in [0, 0.1) is 0 Å². The SMILES string of the molecule is CCN(CC)S(=O)(=O)c1ccc(OC)c(NC(=O)[C@@H]2CCCO2)c1. The number of hydrogen-bond acceptors (Lipinski definition) is 5. The number of sulfonamides is 1. The van der Waals surface area contributed by atoms with E-state index in [0.717, 1.165) is 6.42 Å². The van der Waals surface area contributed by atoms with Crippen molar-refractivity contribution < 1.29 is 22.7 Å². The monoisotopic (exact) mass is 356 g/mol. The van der Waals surface area contributed by atoms with Crippen LogP contribution < -0.4 is 10.1 Å². The summed E-state index contributed by atoms with van der Waals surface area (Å²) in [5.74, 6) is 0.114. The van der Waals surface area contributed by atoms with E-state index in [1.165, 1.54) is 23.5 Å². The van der Waals surface area contributed by atoms with Crippen LogP contribution in [0.25, 0.3) is 0 Å². The van der Waals surface area contributed by atoms with Crippen LogP contribution in [0.5, 0.6) is 5.75 Å². The van der Waals surface area contributed by atoms with Gasteiger partial charge in [0.1, 0.15) is 11.9 Å². The minimum absolute atomic E-state index is 0.120. The molecule has 0 aliphatic carbocycles. The summed E-state index contributed by atoms with van der Waals surface area (Å²) in [5, 5.41) is 2.72. The molecule has 1 atom stereocenters. The van der Waals surface area contributed by atoms with Crippen LogP contribution in [-0.4, -0.2) is 51.5 Å². The third-order valence-corrected chi connectivity index (χ3v) is 6.04. The number of carbonyl (C=O) groups is 1. The molecule has 1 aliphatic rings. The fraction of sp³-hybridized carbons (Fsp3) is 0.562. The van der Waals surface area contributed by atoms with Crippen molar-refractivity contribution in [1.82, 2.24) is 4.31 Å². The summed E-state index contributed by atoms with van der Waals surface area (Å²) in [6.45, 7) is 4.88. The third kappa shape index (κ3) is 3.88. The minimum atomic E-state index is -3.61. The van der Waals surface area contributed by atoms with E-state index in [1.54, 1.807) is 19.9 Å². The summed E-state index contributed by atoms with van der Waals surface area (Å²) in [6, 6.07) is 4.45. The van der Waals surface area contributed by atoms with Gasteiger partial charge >= 0.3 is 0 Å². The first-order chi connectivity index (χ1) is 11.4. The van der Waals surface area contributed by atoms with E-state index in [0.29, 0.717) is 37.6 Å². The number of rotatable bonds is 7. The third-order valence-electron chi connectivity index (χ3n) is 3.99. The standard InChI is InChI=1S/C16H24N2O5S/c1-4-18(5-2)24(20,21)12-8-9-14(22-3)13(11-12)17-16(19)15-7-6-10-23-15/h8-9,11,15H,4-7,10H2,1-3H3,(H,17,19)/t15-/m0/s1. The Labute approximate surface area is 143 Å². The quantitative estimate of drug-likeness (QED) is 0.806. The van der Waals surface area contributed by atoms with Gasteiger partial charge in [-0.05, 0) is 31.0 Å². The van der Waals surface area contributed by atoms with E-state index < -0.39 is 16.1 Å². The summed E-state index contributed by atoms with van der Waals surface area (Å²) in [7, 11) is -2.14. The molecule has 1 heterocycles. The molecule has 1 N–H and O–H groups in total. The van der Waals surface area contributed by atoms with Crippen molar-refractivity contribution >= 4 is 21.6 Å². The second kappa shape index (κ2) is 7.96. The molecule has 1 aromatic rings. The predicted molar refractivity (Wildman–Crippen MR) is 90.7 cm³/mol. The maximum absolute atomic E-state index is 12.6. The molecule has 1 saturated heterocycles. The number of carbonyl (C=O) groups excluding carboxylic acids is 1. The minimum Gasteiger partial charge on any atom is -0.495 e. The van der Waals surface area contributed by atoms with Crippen molar-refractivity contribution in [2.24, 2.45) is 0 Å². The Morgan fingerprint density at radius 2 is 2.08 bits per heavy atom. The van der Waals surface area contributed by atoms with Gasteiger partial charge in [-0.15, -0.1) is 0 Å². The molecule has 1 amide bonds.